The molecule has 0 unspecified atom stereocenters. The van der Waals surface area contributed by atoms with E-state index in [1.54, 1.807) is 44.3 Å². The molecule has 0 radical (unpaired) electrons. The van der Waals surface area contributed by atoms with Gasteiger partial charge in [0.2, 0.25) is 5.91 Å². The van der Waals surface area contributed by atoms with Crippen LogP contribution in [0, 0.1) is 0 Å². The molecule has 42 heavy (non-hydrogen) atoms. The van der Waals surface area contributed by atoms with Gasteiger partial charge in [-0.15, -0.1) is 0 Å². The third-order valence-electron chi connectivity index (χ3n) is 8.03. The molecule has 0 saturated heterocycles. The van der Waals surface area contributed by atoms with E-state index in [1.165, 1.54) is 30.9 Å². The number of carbonyl (C=O) groups excluding carboxylic acids is 2. The number of rotatable bonds is 8. The number of nitrogens with one attached hydrogen (secondary N) is 2. The van der Waals surface area contributed by atoms with Crippen molar-refractivity contribution in [3.8, 4) is 11.3 Å². The van der Waals surface area contributed by atoms with Crippen LogP contribution in [0.3, 0.4) is 0 Å². The summed E-state index contributed by atoms with van der Waals surface area (Å²) in [5.41, 5.74) is 5.02. The highest BCUT2D eigenvalue weighted by atomic mass is 16.4. The first kappa shape index (κ1) is 28.8. The largest absolute Gasteiger partial charge is 0.478 e. The second-order valence-electron chi connectivity index (χ2n) is 11.5. The van der Waals surface area contributed by atoms with Gasteiger partial charge in [-0.1, -0.05) is 37.5 Å². The summed E-state index contributed by atoms with van der Waals surface area (Å²) in [6.45, 7) is 3.32. The zero-order valence-electron chi connectivity index (χ0n) is 24.2. The van der Waals surface area contributed by atoms with Crippen LogP contribution in [-0.2, 0) is 16.6 Å². The van der Waals surface area contributed by atoms with Crippen molar-refractivity contribution in [1.82, 2.24) is 14.9 Å². The molecule has 8 nitrogen and oxygen atoms in total. The molecule has 0 bridgehead atoms. The Bertz CT molecular complexity index is 1650. The molecule has 216 valence electrons. The lowest BCUT2D eigenvalue weighted by Gasteiger charge is -2.25. The molecule has 2 amide bonds. The molecular formula is C34H36N4O4. The van der Waals surface area contributed by atoms with Gasteiger partial charge in [-0.05, 0) is 86.2 Å². The van der Waals surface area contributed by atoms with Gasteiger partial charge in [0.25, 0.3) is 5.91 Å². The third kappa shape index (κ3) is 6.12. The minimum absolute atomic E-state index is 0.338. The number of hydrogen-bond donors (Lipinski definition) is 3. The Morgan fingerprint density at radius 1 is 1.02 bits per heavy atom. The molecule has 0 aliphatic heterocycles. The van der Waals surface area contributed by atoms with Crippen molar-refractivity contribution in [2.24, 2.45) is 7.05 Å². The van der Waals surface area contributed by atoms with Crippen LogP contribution in [0.5, 0.6) is 0 Å². The Morgan fingerprint density at radius 2 is 1.76 bits per heavy atom. The predicted molar refractivity (Wildman–Crippen MR) is 165 cm³/mol. The van der Waals surface area contributed by atoms with Crippen molar-refractivity contribution in [3.63, 3.8) is 0 Å². The number of anilines is 1. The summed E-state index contributed by atoms with van der Waals surface area (Å²) in [6, 6.07) is 16.6. The number of fused-ring (bicyclic) bond motifs is 1. The van der Waals surface area contributed by atoms with Gasteiger partial charge in [-0.3, -0.25) is 14.6 Å². The lowest BCUT2D eigenvalue weighted by molar-refractivity contribution is -0.131. The van der Waals surface area contributed by atoms with Crippen molar-refractivity contribution in [2.75, 3.05) is 5.32 Å². The summed E-state index contributed by atoms with van der Waals surface area (Å²) in [6.07, 6.45) is 12.2. The maximum absolute atomic E-state index is 13.4. The van der Waals surface area contributed by atoms with Crippen LogP contribution >= 0.6 is 0 Å². The molecule has 1 fully saturated rings. The minimum atomic E-state index is -1.20. The molecule has 0 atom stereocenters. The highest BCUT2D eigenvalue weighted by molar-refractivity contribution is 6.05. The van der Waals surface area contributed by atoms with E-state index in [2.05, 4.69) is 26.3 Å². The molecule has 3 N–H and O–H groups in total. The summed E-state index contributed by atoms with van der Waals surface area (Å²) >= 11 is 0. The third-order valence-corrected chi connectivity index (χ3v) is 8.03. The Morgan fingerprint density at radius 3 is 2.43 bits per heavy atom. The first-order valence-electron chi connectivity index (χ1n) is 14.3. The Hall–Kier alpha value is -4.72. The van der Waals surface area contributed by atoms with Gasteiger partial charge < -0.3 is 20.3 Å². The molecule has 2 aromatic heterocycles. The van der Waals surface area contributed by atoms with Gasteiger partial charge in [0.05, 0.1) is 5.69 Å². The molecular weight excluding hydrogens is 528 g/mol. The minimum Gasteiger partial charge on any atom is -0.478 e. The molecule has 8 heteroatoms. The number of amides is 2. The average Bonchev–Trinajstić information content (AvgIpc) is 3.28. The summed E-state index contributed by atoms with van der Waals surface area (Å²) < 4.78 is 2.17. The number of nitrogens with zero attached hydrogens (tertiary/aromatic N) is 2. The van der Waals surface area contributed by atoms with Crippen molar-refractivity contribution < 1.29 is 19.5 Å². The van der Waals surface area contributed by atoms with Gasteiger partial charge in [0.1, 0.15) is 5.54 Å². The molecule has 2 heterocycles. The number of benzene rings is 2. The van der Waals surface area contributed by atoms with E-state index < -0.39 is 11.5 Å². The molecule has 1 aliphatic carbocycles. The zero-order chi connectivity index (χ0) is 29.9. The van der Waals surface area contributed by atoms with Crippen LogP contribution in [0.4, 0.5) is 5.69 Å². The summed E-state index contributed by atoms with van der Waals surface area (Å²) in [5, 5.41) is 15.7. The number of hydrogen-bond acceptors (Lipinski definition) is 4. The highest BCUT2D eigenvalue weighted by Gasteiger charge is 2.31. The lowest BCUT2D eigenvalue weighted by Crippen LogP contribution is -2.52. The number of carboxylic acid groups (broad SMARTS) is 1. The fourth-order valence-corrected chi connectivity index (χ4v) is 5.81. The first-order chi connectivity index (χ1) is 20.1. The van der Waals surface area contributed by atoms with E-state index in [-0.39, 0.29) is 11.8 Å². The predicted octanol–water partition coefficient (Wildman–Crippen LogP) is 6.53. The zero-order valence-corrected chi connectivity index (χ0v) is 24.2. The van der Waals surface area contributed by atoms with Crippen molar-refractivity contribution in [2.45, 2.75) is 57.4 Å². The molecule has 1 aliphatic rings. The monoisotopic (exact) mass is 564 g/mol. The standard InChI is InChI=1S/C34H36N4O4/c1-34(2,33(42)36-26-15-11-22(12-16-26)13-18-29(39)40)37-32(41)24-14-17-27-28(20-24)38(3)31(25-10-7-19-35-21-25)30(27)23-8-5-4-6-9-23/h7,10-21,23H,4-6,8-9H2,1-3H3,(H,36,42)(H,37,41)(H,39,40)/b18-13+. The van der Waals surface area contributed by atoms with E-state index >= 15 is 0 Å². The van der Waals surface area contributed by atoms with E-state index in [9.17, 15) is 14.4 Å². The second-order valence-corrected chi connectivity index (χ2v) is 11.5. The smallest absolute Gasteiger partial charge is 0.328 e. The number of aromatic nitrogens is 2. The molecule has 5 rings (SSSR count). The quantitative estimate of drug-likeness (QED) is 0.211. The van der Waals surface area contributed by atoms with Gasteiger partial charge in [-0.25, -0.2) is 4.79 Å². The normalized spacial score (nSPS) is 14.3. The summed E-state index contributed by atoms with van der Waals surface area (Å²) in [7, 11) is 2.04. The van der Waals surface area contributed by atoms with Gasteiger partial charge in [0, 0.05) is 53.2 Å². The van der Waals surface area contributed by atoms with E-state index in [0.29, 0.717) is 22.7 Å². The van der Waals surface area contributed by atoms with Crippen LogP contribution in [0.25, 0.3) is 28.2 Å². The lowest BCUT2D eigenvalue weighted by atomic mass is 9.82. The van der Waals surface area contributed by atoms with Crippen molar-refractivity contribution >= 4 is 40.4 Å². The van der Waals surface area contributed by atoms with E-state index in [4.69, 9.17) is 5.11 Å². The van der Waals surface area contributed by atoms with Crippen LogP contribution in [0.1, 0.15) is 73.4 Å². The van der Waals surface area contributed by atoms with Gasteiger partial charge in [0.15, 0.2) is 0 Å². The Labute approximate surface area is 245 Å². The van der Waals surface area contributed by atoms with Gasteiger partial charge >= 0.3 is 5.97 Å². The van der Waals surface area contributed by atoms with Gasteiger partial charge in [-0.2, -0.15) is 0 Å². The number of aryl methyl sites for hydroxylation is 1. The Balaban J connectivity index is 1.38. The Kier molecular flexibility index (Phi) is 8.24. The topological polar surface area (TPSA) is 113 Å². The van der Waals surface area contributed by atoms with Crippen LogP contribution in [0.2, 0.25) is 0 Å². The summed E-state index contributed by atoms with van der Waals surface area (Å²) in [4.78, 5) is 41.7. The number of carboxylic acids is 1. The fraction of sp³-hybridized carbons (Fsp3) is 0.294. The highest BCUT2D eigenvalue weighted by Crippen LogP contribution is 2.43. The maximum Gasteiger partial charge on any atom is 0.328 e. The van der Waals surface area contributed by atoms with Crippen LogP contribution in [0.15, 0.2) is 73.1 Å². The SMILES string of the molecule is Cn1c(-c2cccnc2)c(C2CCCCC2)c2ccc(C(=O)NC(C)(C)C(=O)Nc3ccc(/C=C/C(=O)O)cc3)cc21. The molecule has 4 aromatic rings. The molecule has 0 spiro atoms. The van der Waals surface area contributed by atoms with E-state index in [1.807, 2.05) is 37.5 Å². The number of aliphatic carboxylic acids is 1. The van der Waals surface area contributed by atoms with Crippen LogP contribution < -0.4 is 10.6 Å². The van der Waals surface area contributed by atoms with E-state index in [0.717, 1.165) is 41.1 Å². The molecule has 2 aromatic carbocycles. The molecule has 1 saturated carbocycles. The first-order valence-corrected chi connectivity index (χ1v) is 14.3. The average molecular weight is 565 g/mol. The second kappa shape index (κ2) is 12.0. The number of pyridine rings is 1. The summed E-state index contributed by atoms with van der Waals surface area (Å²) in [5.74, 6) is -1.28. The van der Waals surface area contributed by atoms with Crippen molar-refractivity contribution in [1.29, 1.82) is 0 Å². The van der Waals surface area contributed by atoms with Crippen LogP contribution in [-0.4, -0.2) is 38.0 Å². The number of carbonyl (C=O) groups is 3. The fourth-order valence-electron chi connectivity index (χ4n) is 5.81. The maximum atomic E-state index is 13.4. The van der Waals surface area contributed by atoms with Crippen molar-refractivity contribution in [3.05, 3.63) is 89.8 Å².